The third kappa shape index (κ3) is 4.24. The van der Waals surface area contributed by atoms with Gasteiger partial charge in [-0.3, -0.25) is 14.9 Å². The molecule has 4 rings (SSSR count). The highest BCUT2D eigenvalue weighted by Crippen LogP contribution is 2.31. The maximum absolute atomic E-state index is 13.2. The maximum Gasteiger partial charge on any atom is 0.296 e. The zero-order valence-electron chi connectivity index (χ0n) is 16.3. The van der Waals surface area contributed by atoms with Crippen LogP contribution >= 0.6 is 15.9 Å². The number of nitro benzene ring substituents is 1. The minimum atomic E-state index is -0.560. The highest BCUT2D eigenvalue weighted by atomic mass is 79.9. The molecule has 31 heavy (non-hydrogen) atoms. The van der Waals surface area contributed by atoms with Crippen molar-refractivity contribution in [1.82, 2.24) is 4.98 Å². The van der Waals surface area contributed by atoms with Crippen LogP contribution < -0.4 is 10.1 Å². The smallest absolute Gasteiger partial charge is 0.296 e. The number of nitrogens with one attached hydrogen (secondary N) is 1. The molecule has 0 saturated heterocycles. The number of anilines is 1. The monoisotopic (exact) mass is 477 g/mol. The van der Waals surface area contributed by atoms with Crippen molar-refractivity contribution in [3.05, 3.63) is 92.9 Å². The number of halogens is 1. The van der Waals surface area contributed by atoms with E-state index < -0.39 is 10.8 Å². The van der Waals surface area contributed by atoms with Gasteiger partial charge in [-0.1, -0.05) is 46.3 Å². The fourth-order valence-corrected chi connectivity index (χ4v) is 3.64. The Kier molecular flexibility index (Phi) is 5.64. The van der Waals surface area contributed by atoms with Gasteiger partial charge in [-0.15, -0.1) is 0 Å². The van der Waals surface area contributed by atoms with Gasteiger partial charge in [0, 0.05) is 15.4 Å². The molecule has 0 aliphatic carbocycles. The zero-order valence-corrected chi connectivity index (χ0v) is 17.9. The van der Waals surface area contributed by atoms with E-state index in [1.54, 1.807) is 18.2 Å². The zero-order chi connectivity index (χ0) is 22.0. The Morgan fingerprint density at radius 3 is 2.61 bits per heavy atom. The number of nitrogens with zero attached hydrogens (tertiary/aromatic N) is 2. The first-order chi connectivity index (χ1) is 15.0. The third-order valence-electron chi connectivity index (χ3n) is 4.73. The molecule has 1 amide bonds. The van der Waals surface area contributed by atoms with Crippen molar-refractivity contribution >= 4 is 44.1 Å². The normalized spacial score (nSPS) is 10.6. The number of rotatable bonds is 5. The number of pyridine rings is 1. The van der Waals surface area contributed by atoms with Crippen LogP contribution in [0.5, 0.6) is 5.75 Å². The van der Waals surface area contributed by atoms with Gasteiger partial charge in [0.25, 0.3) is 11.6 Å². The molecule has 0 radical (unpaired) electrons. The van der Waals surface area contributed by atoms with Crippen molar-refractivity contribution in [3.63, 3.8) is 0 Å². The quantitative estimate of drug-likeness (QED) is 0.288. The Bertz CT molecular complexity index is 1320. The summed E-state index contributed by atoms with van der Waals surface area (Å²) in [6.07, 6.45) is 0. The number of carbonyl (C=O) groups is 1. The molecule has 154 valence electrons. The predicted molar refractivity (Wildman–Crippen MR) is 122 cm³/mol. The van der Waals surface area contributed by atoms with Gasteiger partial charge in [0.2, 0.25) is 0 Å². The fraction of sp³-hybridized carbons (Fsp3) is 0.0435. The van der Waals surface area contributed by atoms with E-state index in [4.69, 9.17) is 4.74 Å². The van der Waals surface area contributed by atoms with Crippen LogP contribution in [0.15, 0.2) is 77.3 Å². The van der Waals surface area contributed by atoms with Crippen molar-refractivity contribution in [2.45, 2.75) is 0 Å². The lowest BCUT2D eigenvalue weighted by molar-refractivity contribution is -0.384. The lowest BCUT2D eigenvalue weighted by Crippen LogP contribution is -2.14. The summed E-state index contributed by atoms with van der Waals surface area (Å²) in [5.74, 6) is -0.140. The number of nitro groups is 1. The number of para-hydroxylation sites is 1. The number of ether oxygens (including phenoxy) is 1. The number of benzene rings is 3. The van der Waals surface area contributed by atoms with E-state index >= 15 is 0 Å². The van der Waals surface area contributed by atoms with E-state index in [-0.39, 0.29) is 11.4 Å². The first-order valence-corrected chi connectivity index (χ1v) is 10.0. The molecule has 1 aromatic heterocycles. The molecule has 4 aromatic rings. The van der Waals surface area contributed by atoms with Crippen molar-refractivity contribution in [2.75, 3.05) is 12.4 Å². The van der Waals surface area contributed by atoms with Crippen LogP contribution in [0.25, 0.3) is 22.2 Å². The molecule has 0 saturated carbocycles. The average molecular weight is 478 g/mol. The number of methoxy groups -OCH3 is 1. The number of amides is 1. The van der Waals surface area contributed by atoms with Crippen LogP contribution in [-0.4, -0.2) is 22.9 Å². The van der Waals surface area contributed by atoms with Crippen LogP contribution in [0.4, 0.5) is 11.4 Å². The van der Waals surface area contributed by atoms with Crippen molar-refractivity contribution in [2.24, 2.45) is 0 Å². The number of fused-ring (bicyclic) bond motifs is 1. The van der Waals surface area contributed by atoms with Crippen molar-refractivity contribution < 1.29 is 14.5 Å². The van der Waals surface area contributed by atoms with E-state index in [0.717, 1.165) is 10.0 Å². The number of hydrogen-bond donors (Lipinski definition) is 1. The van der Waals surface area contributed by atoms with E-state index in [0.29, 0.717) is 27.9 Å². The Labute approximate surface area is 186 Å². The second-order valence-electron chi connectivity index (χ2n) is 6.68. The highest BCUT2D eigenvalue weighted by molar-refractivity contribution is 9.10. The molecule has 0 bridgehead atoms. The summed E-state index contributed by atoms with van der Waals surface area (Å²) in [5.41, 5.74) is 2.30. The van der Waals surface area contributed by atoms with Crippen LogP contribution in [0.2, 0.25) is 0 Å². The summed E-state index contributed by atoms with van der Waals surface area (Å²) in [5, 5.41) is 14.8. The molecule has 0 atom stereocenters. The molecule has 0 spiro atoms. The van der Waals surface area contributed by atoms with Gasteiger partial charge in [0.1, 0.15) is 11.4 Å². The second kappa shape index (κ2) is 8.53. The minimum Gasteiger partial charge on any atom is -0.496 e. The molecular weight excluding hydrogens is 462 g/mol. The Morgan fingerprint density at radius 2 is 1.87 bits per heavy atom. The van der Waals surface area contributed by atoms with Gasteiger partial charge < -0.3 is 10.1 Å². The Morgan fingerprint density at radius 1 is 1.06 bits per heavy atom. The number of hydrogen-bond acceptors (Lipinski definition) is 5. The van der Waals surface area contributed by atoms with Crippen molar-refractivity contribution in [1.29, 1.82) is 0 Å². The Hall–Kier alpha value is -3.78. The molecule has 0 aliphatic rings. The van der Waals surface area contributed by atoms with Gasteiger partial charge in [-0.05, 0) is 36.4 Å². The highest BCUT2D eigenvalue weighted by Gasteiger charge is 2.20. The maximum atomic E-state index is 13.2. The summed E-state index contributed by atoms with van der Waals surface area (Å²) in [7, 11) is 1.42. The summed E-state index contributed by atoms with van der Waals surface area (Å²) in [6.45, 7) is 0. The standard InChI is InChI=1S/C23H16BrN3O4/c1-31-16-9-10-20(22(12-16)27(29)30)26-23(28)18-13-21(14-5-4-6-15(24)11-14)25-19-8-3-2-7-17(18)19/h2-13H,1H3,(H,26,28). The van der Waals surface area contributed by atoms with E-state index in [9.17, 15) is 14.9 Å². The molecule has 0 fully saturated rings. The topological polar surface area (TPSA) is 94.4 Å². The van der Waals surface area contributed by atoms with Gasteiger partial charge in [-0.25, -0.2) is 4.98 Å². The minimum absolute atomic E-state index is 0.0840. The molecule has 1 heterocycles. The van der Waals surface area contributed by atoms with Crippen LogP contribution in [0.1, 0.15) is 10.4 Å². The van der Waals surface area contributed by atoms with Gasteiger partial charge in [-0.2, -0.15) is 0 Å². The number of carbonyl (C=O) groups excluding carboxylic acids is 1. The third-order valence-corrected chi connectivity index (χ3v) is 5.22. The number of aromatic nitrogens is 1. The summed E-state index contributed by atoms with van der Waals surface area (Å²) < 4.78 is 5.94. The van der Waals surface area contributed by atoms with E-state index in [2.05, 4.69) is 26.2 Å². The van der Waals surface area contributed by atoms with Crippen LogP contribution in [-0.2, 0) is 0 Å². The van der Waals surface area contributed by atoms with Gasteiger partial charge in [0.05, 0.1) is 34.9 Å². The van der Waals surface area contributed by atoms with Gasteiger partial charge >= 0.3 is 0 Å². The molecule has 0 aliphatic heterocycles. The summed E-state index contributed by atoms with van der Waals surface area (Å²) >= 11 is 3.45. The van der Waals surface area contributed by atoms with Crippen LogP contribution in [0.3, 0.4) is 0 Å². The molecule has 8 heteroatoms. The molecule has 0 unspecified atom stereocenters. The SMILES string of the molecule is COc1ccc(NC(=O)c2cc(-c3cccc(Br)c3)nc3ccccc23)c([N+](=O)[O-])c1. The summed E-state index contributed by atoms with van der Waals surface area (Å²) in [4.78, 5) is 28.8. The molecule has 7 nitrogen and oxygen atoms in total. The second-order valence-corrected chi connectivity index (χ2v) is 7.59. The first kappa shape index (κ1) is 20.5. The molecular formula is C23H16BrN3O4. The largest absolute Gasteiger partial charge is 0.496 e. The lowest BCUT2D eigenvalue weighted by atomic mass is 10.0. The predicted octanol–water partition coefficient (Wildman–Crippen LogP) is 5.83. The summed E-state index contributed by atoms with van der Waals surface area (Å²) in [6, 6.07) is 20.8. The molecule has 1 N–H and O–H groups in total. The van der Waals surface area contributed by atoms with E-state index in [1.165, 1.54) is 19.2 Å². The Balaban J connectivity index is 1.80. The van der Waals surface area contributed by atoms with E-state index in [1.807, 2.05) is 42.5 Å². The van der Waals surface area contributed by atoms with Gasteiger partial charge in [0.15, 0.2) is 0 Å². The van der Waals surface area contributed by atoms with Crippen molar-refractivity contribution in [3.8, 4) is 17.0 Å². The first-order valence-electron chi connectivity index (χ1n) is 9.26. The average Bonchev–Trinajstić information content (AvgIpc) is 2.78. The fourth-order valence-electron chi connectivity index (χ4n) is 3.24. The lowest BCUT2D eigenvalue weighted by Gasteiger charge is -2.11. The molecule has 3 aromatic carbocycles. The van der Waals surface area contributed by atoms with Crippen LogP contribution in [0, 0.1) is 10.1 Å².